The molecule has 1 saturated heterocycles. The van der Waals surface area contributed by atoms with Crippen LogP contribution in [0.5, 0.6) is 0 Å². The summed E-state index contributed by atoms with van der Waals surface area (Å²) in [7, 11) is 4.86. The van der Waals surface area contributed by atoms with Crippen molar-refractivity contribution >= 4 is 19.6 Å². The first-order valence-corrected chi connectivity index (χ1v) is 3.70. The minimum Gasteiger partial charge on any atom is -0.354 e. The summed E-state index contributed by atoms with van der Waals surface area (Å²) in [6.07, 6.45) is 0.512. The van der Waals surface area contributed by atoms with E-state index in [1.54, 1.807) is 0 Å². The molecule has 12 heavy (non-hydrogen) atoms. The Hall–Kier alpha value is -1.04. The zero-order chi connectivity index (χ0) is 9.14. The summed E-state index contributed by atoms with van der Waals surface area (Å²) < 4.78 is 0. The Morgan fingerprint density at radius 1 is 1.83 bits per heavy atom. The average molecular weight is 167 g/mol. The summed E-state index contributed by atoms with van der Waals surface area (Å²) in [5.41, 5.74) is 5.33. The van der Waals surface area contributed by atoms with Crippen molar-refractivity contribution in [3.8, 4) is 0 Å². The Labute approximate surface area is 71.5 Å². The SMILES string of the molecule is [B]C(=O)N[C@@H]1C[C@@H](CN)NC1=O. The van der Waals surface area contributed by atoms with Crippen LogP contribution in [0.3, 0.4) is 0 Å². The van der Waals surface area contributed by atoms with E-state index in [2.05, 4.69) is 10.6 Å². The predicted molar refractivity (Wildman–Crippen MR) is 43.7 cm³/mol. The van der Waals surface area contributed by atoms with Crippen LogP contribution in [0.2, 0.25) is 0 Å². The minimum absolute atomic E-state index is 0.0469. The van der Waals surface area contributed by atoms with E-state index in [-0.39, 0.29) is 11.9 Å². The van der Waals surface area contributed by atoms with Crippen molar-refractivity contribution in [3.05, 3.63) is 0 Å². The Morgan fingerprint density at radius 3 is 2.92 bits per heavy atom. The molecule has 1 fully saturated rings. The summed E-state index contributed by atoms with van der Waals surface area (Å²) in [6.45, 7) is 0.378. The van der Waals surface area contributed by atoms with Crippen molar-refractivity contribution in [1.82, 2.24) is 10.6 Å². The van der Waals surface area contributed by atoms with Gasteiger partial charge in [-0.2, -0.15) is 0 Å². The van der Waals surface area contributed by atoms with Crippen LogP contribution in [0, 0.1) is 0 Å². The number of nitrogens with two attached hydrogens (primary N) is 1. The first-order valence-electron chi connectivity index (χ1n) is 3.70. The van der Waals surface area contributed by atoms with Crippen LogP contribution in [-0.2, 0) is 4.79 Å². The summed E-state index contributed by atoms with van der Waals surface area (Å²) in [5.74, 6) is -0.905. The maximum atomic E-state index is 11.0. The number of nitrogens with one attached hydrogen (secondary N) is 2. The number of hydrogen-bond donors (Lipinski definition) is 3. The fraction of sp³-hybridized carbons (Fsp3) is 0.667. The van der Waals surface area contributed by atoms with E-state index in [0.717, 1.165) is 0 Å². The topological polar surface area (TPSA) is 84.2 Å². The molecular formula is C6H10BN3O2. The van der Waals surface area contributed by atoms with E-state index in [0.29, 0.717) is 13.0 Å². The molecule has 0 aromatic heterocycles. The molecule has 1 aliphatic rings. The summed E-state index contributed by atoms with van der Waals surface area (Å²) in [6, 6.07) is -0.564. The number of hydrogen-bond acceptors (Lipinski definition) is 3. The zero-order valence-corrected chi connectivity index (χ0v) is 6.54. The van der Waals surface area contributed by atoms with Gasteiger partial charge in [-0.05, 0) is 6.42 Å². The largest absolute Gasteiger partial charge is 0.354 e. The Balaban J connectivity index is 2.46. The van der Waals surface area contributed by atoms with Crippen molar-refractivity contribution in [2.75, 3.05) is 6.54 Å². The second kappa shape index (κ2) is 3.58. The number of amides is 2. The summed E-state index contributed by atoms with van der Waals surface area (Å²) in [4.78, 5) is 21.4. The first kappa shape index (κ1) is 9.06. The lowest BCUT2D eigenvalue weighted by molar-refractivity contribution is -0.120. The average Bonchev–Trinajstić information content (AvgIpc) is 2.31. The minimum atomic E-state index is -0.687. The van der Waals surface area contributed by atoms with Gasteiger partial charge in [0.05, 0.1) is 0 Å². The molecule has 1 heterocycles. The number of rotatable bonds is 2. The van der Waals surface area contributed by atoms with Gasteiger partial charge in [0.25, 0.3) is 0 Å². The summed E-state index contributed by atoms with van der Waals surface area (Å²) >= 11 is 0. The third-order valence-corrected chi connectivity index (χ3v) is 1.78. The van der Waals surface area contributed by atoms with E-state index < -0.39 is 11.8 Å². The van der Waals surface area contributed by atoms with E-state index in [4.69, 9.17) is 13.6 Å². The molecule has 0 spiro atoms. The van der Waals surface area contributed by atoms with Gasteiger partial charge in [-0.3, -0.25) is 9.59 Å². The molecule has 6 heteroatoms. The number of carbonyl (C=O) groups excluding carboxylic acids is 2. The highest BCUT2D eigenvalue weighted by Gasteiger charge is 2.30. The van der Waals surface area contributed by atoms with Crippen molar-refractivity contribution in [1.29, 1.82) is 0 Å². The molecule has 5 nitrogen and oxygen atoms in total. The molecule has 0 aliphatic carbocycles. The lowest BCUT2D eigenvalue weighted by Crippen LogP contribution is -2.39. The van der Waals surface area contributed by atoms with Crippen LogP contribution >= 0.6 is 0 Å². The van der Waals surface area contributed by atoms with Gasteiger partial charge in [-0.15, -0.1) is 0 Å². The van der Waals surface area contributed by atoms with Crippen molar-refractivity contribution < 1.29 is 9.59 Å². The van der Waals surface area contributed by atoms with Crippen molar-refractivity contribution in [2.24, 2.45) is 5.73 Å². The highest BCUT2D eigenvalue weighted by atomic mass is 16.2. The van der Waals surface area contributed by atoms with Crippen LogP contribution in [0.15, 0.2) is 0 Å². The normalized spacial score (nSPS) is 28.2. The second-order valence-corrected chi connectivity index (χ2v) is 2.74. The third-order valence-electron chi connectivity index (χ3n) is 1.78. The number of carbonyl (C=O) groups is 2. The monoisotopic (exact) mass is 167 g/mol. The second-order valence-electron chi connectivity index (χ2n) is 2.74. The van der Waals surface area contributed by atoms with E-state index in [1.165, 1.54) is 0 Å². The highest BCUT2D eigenvalue weighted by molar-refractivity contribution is 6.57. The first-order chi connectivity index (χ1) is 5.63. The third kappa shape index (κ3) is 1.98. The predicted octanol–water partition coefficient (Wildman–Crippen LogP) is -1.92. The zero-order valence-electron chi connectivity index (χ0n) is 6.54. The van der Waals surface area contributed by atoms with Gasteiger partial charge in [-0.1, -0.05) is 0 Å². The molecule has 0 bridgehead atoms. The van der Waals surface area contributed by atoms with E-state index in [1.807, 2.05) is 0 Å². The van der Waals surface area contributed by atoms with Crippen molar-refractivity contribution in [3.63, 3.8) is 0 Å². The fourth-order valence-corrected chi connectivity index (χ4v) is 1.20. The van der Waals surface area contributed by atoms with Gasteiger partial charge in [0.1, 0.15) is 6.04 Å². The van der Waals surface area contributed by atoms with Gasteiger partial charge in [0.15, 0.2) is 5.81 Å². The van der Waals surface area contributed by atoms with Gasteiger partial charge in [0, 0.05) is 12.6 Å². The van der Waals surface area contributed by atoms with Gasteiger partial charge < -0.3 is 16.4 Å². The molecule has 0 aromatic rings. The standard InChI is InChI=1S/C6H10BN3O2/c7-6(12)10-4-1-3(2-8)9-5(4)11/h3-4H,1-2,8H2,(H,9,11)(H,10,12)/t3-,4+/m0/s1. The Kier molecular flexibility index (Phi) is 2.70. The molecule has 4 N–H and O–H groups in total. The van der Waals surface area contributed by atoms with E-state index in [9.17, 15) is 9.59 Å². The maximum Gasteiger partial charge on any atom is 0.242 e. The van der Waals surface area contributed by atoms with Crippen LogP contribution in [0.4, 0.5) is 4.79 Å². The van der Waals surface area contributed by atoms with Crippen LogP contribution < -0.4 is 16.4 Å². The Bertz CT molecular complexity index is 209. The fourth-order valence-electron chi connectivity index (χ4n) is 1.20. The van der Waals surface area contributed by atoms with Gasteiger partial charge in [0.2, 0.25) is 13.8 Å². The molecule has 0 aromatic carbocycles. The maximum absolute atomic E-state index is 11.0. The van der Waals surface area contributed by atoms with Crippen LogP contribution in [-0.4, -0.2) is 38.2 Å². The molecular weight excluding hydrogens is 157 g/mol. The Morgan fingerprint density at radius 2 is 2.50 bits per heavy atom. The van der Waals surface area contributed by atoms with Crippen LogP contribution in [0.25, 0.3) is 0 Å². The van der Waals surface area contributed by atoms with Crippen molar-refractivity contribution in [2.45, 2.75) is 18.5 Å². The lowest BCUT2D eigenvalue weighted by Gasteiger charge is -2.07. The molecule has 2 radical (unpaired) electrons. The quantitative estimate of drug-likeness (QED) is 0.419. The van der Waals surface area contributed by atoms with Gasteiger partial charge >= 0.3 is 0 Å². The van der Waals surface area contributed by atoms with E-state index >= 15 is 0 Å². The molecule has 2 atom stereocenters. The molecule has 0 unspecified atom stereocenters. The smallest absolute Gasteiger partial charge is 0.242 e. The molecule has 64 valence electrons. The highest BCUT2D eigenvalue weighted by Crippen LogP contribution is 2.06. The van der Waals surface area contributed by atoms with Gasteiger partial charge in [-0.25, -0.2) is 0 Å². The molecule has 2 amide bonds. The van der Waals surface area contributed by atoms with Crippen LogP contribution in [0.1, 0.15) is 6.42 Å². The molecule has 1 aliphatic heterocycles. The summed E-state index contributed by atoms with van der Waals surface area (Å²) in [5, 5.41) is 4.95. The lowest BCUT2D eigenvalue weighted by atomic mass is 10.1. The molecule has 1 rings (SSSR count). The molecule has 0 saturated carbocycles.